The van der Waals surface area contributed by atoms with E-state index >= 15 is 0 Å². The molecule has 0 amide bonds. The Labute approximate surface area is 87.5 Å². The number of fused-ring (bicyclic) bond motifs is 3. The third-order valence-electron chi connectivity index (χ3n) is 1.77. The summed E-state index contributed by atoms with van der Waals surface area (Å²) < 4.78 is 4.05. The molecule has 1 aliphatic rings. The van der Waals surface area contributed by atoms with Gasteiger partial charge in [0.1, 0.15) is 5.69 Å². The SMILES string of the molecule is c1cc2c(s1)-c1sccc1SN=N2. The van der Waals surface area contributed by atoms with Crippen LogP contribution in [0.5, 0.6) is 0 Å². The van der Waals surface area contributed by atoms with Crippen LogP contribution in [0.4, 0.5) is 5.69 Å². The smallest absolute Gasteiger partial charge is 0.106 e. The number of hydrogen-bond donors (Lipinski definition) is 0. The van der Waals surface area contributed by atoms with Gasteiger partial charge in [0.25, 0.3) is 0 Å². The average Bonchev–Trinajstić information content (AvgIpc) is 2.72. The Morgan fingerprint density at radius 2 is 1.85 bits per heavy atom. The molecule has 0 unspecified atom stereocenters. The van der Waals surface area contributed by atoms with Crippen molar-refractivity contribution in [1.29, 1.82) is 0 Å². The van der Waals surface area contributed by atoms with Gasteiger partial charge >= 0.3 is 0 Å². The fraction of sp³-hybridized carbons (Fsp3) is 0. The first-order chi connectivity index (χ1) is 6.45. The fourth-order valence-corrected chi connectivity index (χ4v) is 3.94. The highest BCUT2D eigenvalue weighted by atomic mass is 32.2. The maximum absolute atomic E-state index is 4.14. The molecule has 2 aromatic heterocycles. The molecule has 0 N–H and O–H groups in total. The summed E-state index contributed by atoms with van der Waals surface area (Å²) in [6.45, 7) is 0. The summed E-state index contributed by atoms with van der Waals surface area (Å²) in [7, 11) is 0. The van der Waals surface area contributed by atoms with Gasteiger partial charge in [0.2, 0.25) is 0 Å². The standard InChI is InChI=1S/C8H4N2S3/c1-3-11-7-5(1)9-10-13-6-2-4-12-8(6)7/h1-4H. The lowest BCUT2D eigenvalue weighted by molar-refractivity contribution is 1.36. The number of rotatable bonds is 0. The van der Waals surface area contributed by atoms with Crippen LogP contribution >= 0.6 is 34.6 Å². The first-order valence-electron chi connectivity index (χ1n) is 3.68. The maximum atomic E-state index is 4.14. The molecule has 64 valence electrons. The number of thiophene rings is 2. The second kappa shape index (κ2) is 2.94. The van der Waals surface area contributed by atoms with Crippen LogP contribution in [0, 0.1) is 0 Å². The Bertz CT molecular complexity index is 469. The van der Waals surface area contributed by atoms with Crippen molar-refractivity contribution in [3.8, 4) is 9.75 Å². The second-order valence-corrected chi connectivity index (χ2v) is 5.14. The third-order valence-corrected chi connectivity index (χ3v) is 4.58. The summed E-state index contributed by atoms with van der Waals surface area (Å²) in [6, 6.07) is 4.11. The predicted octanol–water partition coefficient (Wildman–Crippen LogP) is 4.58. The van der Waals surface area contributed by atoms with E-state index in [0.717, 1.165) is 5.69 Å². The van der Waals surface area contributed by atoms with Crippen molar-refractivity contribution in [2.75, 3.05) is 0 Å². The minimum Gasteiger partial charge on any atom is -0.142 e. The highest BCUT2D eigenvalue weighted by Gasteiger charge is 2.15. The van der Waals surface area contributed by atoms with Crippen LogP contribution in [-0.4, -0.2) is 0 Å². The van der Waals surface area contributed by atoms with Crippen molar-refractivity contribution >= 4 is 40.3 Å². The van der Waals surface area contributed by atoms with E-state index in [-0.39, 0.29) is 0 Å². The zero-order chi connectivity index (χ0) is 8.67. The predicted molar refractivity (Wildman–Crippen MR) is 58.0 cm³/mol. The van der Waals surface area contributed by atoms with Crippen LogP contribution in [-0.2, 0) is 0 Å². The summed E-state index contributed by atoms with van der Waals surface area (Å²) in [5.74, 6) is 0. The average molecular weight is 224 g/mol. The van der Waals surface area contributed by atoms with Crippen molar-refractivity contribution in [1.82, 2.24) is 0 Å². The minimum absolute atomic E-state index is 0.999. The molecule has 0 saturated carbocycles. The van der Waals surface area contributed by atoms with Gasteiger partial charge < -0.3 is 0 Å². The Kier molecular flexibility index (Phi) is 1.74. The van der Waals surface area contributed by atoms with Gasteiger partial charge in [-0.3, -0.25) is 0 Å². The molecule has 1 aliphatic heterocycles. The van der Waals surface area contributed by atoms with Crippen LogP contribution in [0.25, 0.3) is 9.75 Å². The molecule has 13 heavy (non-hydrogen) atoms. The normalized spacial score (nSPS) is 13.5. The van der Waals surface area contributed by atoms with E-state index in [4.69, 9.17) is 0 Å². The second-order valence-electron chi connectivity index (χ2n) is 2.52. The summed E-state index contributed by atoms with van der Waals surface area (Å²) >= 11 is 4.94. The third kappa shape index (κ3) is 1.15. The lowest BCUT2D eigenvalue weighted by Crippen LogP contribution is -1.64. The quantitative estimate of drug-likeness (QED) is 0.601. The molecule has 0 saturated heterocycles. The van der Waals surface area contributed by atoms with Crippen LogP contribution in [0.1, 0.15) is 0 Å². The Morgan fingerprint density at radius 3 is 2.85 bits per heavy atom. The lowest BCUT2D eigenvalue weighted by atomic mass is 10.3. The molecule has 0 fully saturated rings. The summed E-state index contributed by atoms with van der Waals surface area (Å²) in [4.78, 5) is 3.77. The van der Waals surface area contributed by atoms with E-state index in [0.29, 0.717) is 0 Å². The summed E-state index contributed by atoms with van der Waals surface area (Å²) in [6.07, 6.45) is 0. The molecule has 0 aromatic carbocycles. The zero-order valence-electron chi connectivity index (χ0n) is 6.43. The monoisotopic (exact) mass is 224 g/mol. The van der Waals surface area contributed by atoms with E-state index in [1.54, 1.807) is 22.7 Å². The van der Waals surface area contributed by atoms with Gasteiger partial charge in [0, 0.05) is 11.9 Å². The van der Waals surface area contributed by atoms with Gasteiger partial charge in [-0.2, -0.15) is 0 Å². The van der Waals surface area contributed by atoms with Gasteiger partial charge in [-0.1, -0.05) is 0 Å². The highest BCUT2D eigenvalue weighted by molar-refractivity contribution is 7.98. The molecule has 2 aromatic rings. The minimum atomic E-state index is 0.999. The van der Waals surface area contributed by atoms with Crippen LogP contribution in [0.15, 0.2) is 37.4 Å². The molecule has 0 radical (unpaired) electrons. The van der Waals surface area contributed by atoms with Gasteiger partial charge in [0.05, 0.1) is 14.6 Å². The van der Waals surface area contributed by atoms with E-state index in [1.807, 2.05) is 6.07 Å². The molecule has 3 rings (SSSR count). The molecule has 3 heterocycles. The van der Waals surface area contributed by atoms with Crippen LogP contribution in [0.2, 0.25) is 0 Å². The van der Waals surface area contributed by atoms with E-state index in [9.17, 15) is 0 Å². The first kappa shape index (κ1) is 7.73. The lowest BCUT2D eigenvalue weighted by Gasteiger charge is -1.92. The Morgan fingerprint density at radius 1 is 1.00 bits per heavy atom. The molecular formula is C8H4N2S3. The van der Waals surface area contributed by atoms with E-state index in [2.05, 4.69) is 26.5 Å². The van der Waals surface area contributed by atoms with Crippen molar-refractivity contribution in [3.63, 3.8) is 0 Å². The van der Waals surface area contributed by atoms with E-state index in [1.165, 1.54) is 26.6 Å². The van der Waals surface area contributed by atoms with Gasteiger partial charge in [-0.25, -0.2) is 0 Å². The van der Waals surface area contributed by atoms with Gasteiger partial charge in [-0.15, -0.1) is 32.3 Å². The van der Waals surface area contributed by atoms with Gasteiger partial charge in [0.15, 0.2) is 0 Å². The maximum Gasteiger partial charge on any atom is 0.106 e. The van der Waals surface area contributed by atoms with Crippen LogP contribution in [0.3, 0.4) is 0 Å². The molecule has 2 nitrogen and oxygen atoms in total. The van der Waals surface area contributed by atoms with Crippen molar-refractivity contribution < 1.29 is 0 Å². The zero-order valence-corrected chi connectivity index (χ0v) is 8.88. The molecule has 5 heteroatoms. The molecule has 0 bridgehead atoms. The highest BCUT2D eigenvalue weighted by Crippen LogP contribution is 2.47. The number of nitrogens with zero attached hydrogens (tertiary/aromatic N) is 2. The van der Waals surface area contributed by atoms with Crippen molar-refractivity contribution in [2.24, 2.45) is 9.63 Å². The van der Waals surface area contributed by atoms with Crippen LogP contribution < -0.4 is 0 Å². The van der Waals surface area contributed by atoms with Gasteiger partial charge in [-0.05, 0) is 22.9 Å². The summed E-state index contributed by atoms with van der Waals surface area (Å²) in [5, 5.41) is 8.30. The number of hydrogen-bond acceptors (Lipinski definition) is 5. The molecular weight excluding hydrogens is 220 g/mol. The fourth-order valence-electron chi connectivity index (χ4n) is 1.19. The van der Waals surface area contributed by atoms with E-state index < -0.39 is 0 Å². The molecule has 0 spiro atoms. The van der Waals surface area contributed by atoms with Crippen molar-refractivity contribution in [3.05, 3.63) is 22.9 Å². The molecule has 0 atom stereocenters. The first-order valence-corrected chi connectivity index (χ1v) is 6.22. The van der Waals surface area contributed by atoms with Crippen molar-refractivity contribution in [2.45, 2.75) is 4.90 Å². The summed E-state index contributed by atoms with van der Waals surface area (Å²) in [5.41, 5.74) is 0.999. The Balaban J connectivity index is 2.34. The molecule has 0 aliphatic carbocycles. The topological polar surface area (TPSA) is 24.7 Å². The largest absolute Gasteiger partial charge is 0.142 e. The Hall–Kier alpha value is -0.650.